The first-order valence-corrected chi connectivity index (χ1v) is 13.9. The standard InChI is InChI=1S/C22H24F12O6S2/c1-16(23,24)15(37)40-12-4-2-3-5-18(12)41-10-17(11-42-18,8-38-13(35)6-19(25,26)21(29,30)31)9-39-14(36)7-20(27,28)22(32,33)34/h12H,2-11H2,1H3. The smallest absolute Gasteiger partial charge is 0.453 e. The van der Waals surface area contributed by atoms with Crippen molar-refractivity contribution in [3.8, 4) is 0 Å². The maximum absolute atomic E-state index is 13.5. The van der Waals surface area contributed by atoms with E-state index in [-0.39, 0.29) is 24.3 Å². The molecule has 2 rings (SSSR count). The Morgan fingerprint density at radius 3 is 1.55 bits per heavy atom. The Labute approximate surface area is 238 Å². The van der Waals surface area contributed by atoms with E-state index in [4.69, 9.17) is 4.74 Å². The van der Waals surface area contributed by atoms with E-state index >= 15 is 0 Å². The molecule has 1 aliphatic heterocycles. The van der Waals surface area contributed by atoms with Crippen molar-refractivity contribution >= 4 is 41.4 Å². The highest BCUT2D eigenvalue weighted by molar-refractivity contribution is 8.19. The minimum atomic E-state index is -6.10. The number of hydrogen-bond donors (Lipinski definition) is 0. The first-order valence-electron chi connectivity index (χ1n) is 11.9. The monoisotopic (exact) mass is 676 g/mol. The summed E-state index contributed by atoms with van der Waals surface area (Å²) in [5.74, 6) is -21.4. The maximum atomic E-state index is 13.5. The minimum Gasteiger partial charge on any atom is -0.465 e. The number of thioether (sulfide) groups is 2. The molecule has 1 aliphatic carbocycles. The van der Waals surface area contributed by atoms with E-state index in [0.717, 1.165) is 23.5 Å². The first kappa shape index (κ1) is 36.5. The van der Waals surface area contributed by atoms with Crippen LogP contribution in [-0.2, 0) is 28.6 Å². The van der Waals surface area contributed by atoms with Crippen LogP contribution in [0.15, 0.2) is 0 Å². The molecule has 1 atom stereocenters. The van der Waals surface area contributed by atoms with E-state index in [1.165, 1.54) is 0 Å². The van der Waals surface area contributed by atoms with Crippen LogP contribution in [0, 0.1) is 5.41 Å². The van der Waals surface area contributed by atoms with E-state index in [9.17, 15) is 67.1 Å². The van der Waals surface area contributed by atoms with Gasteiger partial charge in [0.15, 0.2) is 0 Å². The van der Waals surface area contributed by atoms with Gasteiger partial charge in [0.05, 0.1) is 9.49 Å². The number of ether oxygens (including phenoxy) is 3. The van der Waals surface area contributed by atoms with Gasteiger partial charge in [-0.15, -0.1) is 23.5 Å². The molecule has 42 heavy (non-hydrogen) atoms. The zero-order chi connectivity index (χ0) is 32.4. The van der Waals surface area contributed by atoms with Gasteiger partial charge in [-0.1, -0.05) is 6.42 Å². The molecule has 0 aromatic heterocycles. The van der Waals surface area contributed by atoms with Gasteiger partial charge in [0.25, 0.3) is 0 Å². The van der Waals surface area contributed by atoms with Gasteiger partial charge in [0.2, 0.25) is 0 Å². The molecule has 0 radical (unpaired) electrons. The van der Waals surface area contributed by atoms with Crippen LogP contribution in [0.1, 0.15) is 45.4 Å². The summed E-state index contributed by atoms with van der Waals surface area (Å²) in [6.45, 7) is -1.75. The van der Waals surface area contributed by atoms with E-state index in [1.807, 2.05) is 0 Å². The lowest BCUT2D eigenvalue weighted by atomic mass is 9.94. The number of carbonyl (C=O) groups is 3. The van der Waals surface area contributed by atoms with Crippen LogP contribution < -0.4 is 0 Å². The van der Waals surface area contributed by atoms with Crippen LogP contribution >= 0.6 is 23.5 Å². The average Bonchev–Trinajstić information content (AvgIpc) is 2.82. The van der Waals surface area contributed by atoms with Crippen molar-refractivity contribution in [2.24, 2.45) is 5.41 Å². The van der Waals surface area contributed by atoms with Crippen LogP contribution in [0.4, 0.5) is 52.7 Å². The Hall–Kier alpha value is -1.73. The number of alkyl halides is 12. The molecule has 1 saturated carbocycles. The van der Waals surface area contributed by atoms with Gasteiger partial charge < -0.3 is 14.2 Å². The van der Waals surface area contributed by atoms with Gasteiger partial charge >= 0.3 is 48.0 Å². The van der Waals surface area contributed by atoms with Crippen molar-refractivity contribution in [3.63, 3.8) is 0 Å². The summed E-state index contributed by atoms with van der Waals surface area (Å²) in [7, 11) is 0. The van der Waals surface area contributed by atoms with E-state index in [2.05, 4.69) is 9.47 Å². The molecule has 0 aromatic carbocycles. The molecule has 0 N–H and O–H groups in total. The molecule has 1 heterocycles. The largest absolute Gasteiger partial charge is 0.465 e. The quantitative estimate of drug-likeness (QED) is 0.147. The maximum Gasteiger partial charge on any atom is 0.453 e. The summed E-state index contributed by atoms with van der Waals surface area (Å²) in [4.78, 5) is 35.4. The molecule has 20 heteroatoms. The summed E-state index contributed by atoms with van der Waals surface area (Å²) < 4.78 is 168. The van der Waals surface area contributed by atoms with Crippen molar-refractivity contribution in [1.82, 2.24) is 0 Å². The molecular weight excluding hydrogens is 652 g/mol. The van der Waals surface area contributed by atoms with Crippen molar-refractivity contribution in [2.45, 2.75) is 85.8 Å². The zero-order valence-electron chi connectivity index (χ0n) is 21.4. The van der Waals surface area contributed by atoms with Gasteiger partial charge in [-0.25, -0.2) is 4.79 Å². The number of rotatable bonds is 10. The fraction of sp³-hybridized carbons (Fsp3) is 0.864. The summed E-state index contributed by atoms with van der Waals surface area (Å²) in [6.07, 6.45) is -16.8. The van der Waals surface area contributed by atoms with Crippen LogP contribution in [0.3, 0.4) is 0 Å². The molecule has 1 saturated heterocycles. The number of carbonyl (C=O) groups excluding carboxylic acids is 3. The molecule has 244 valence electrons. The molecule has 2 fully saturated rings. The summed E-state index contributed by atoms with van der Waals surface area (Å²) >= 11 is 1.79. The molecule has 2 aliphatic rings. The van der Waals surface area contributed by atoms with Crippen LogP contribution in [0.2, 0.25) is 0 Å². The average molecular weight is 677 g/mol. The predicted octanol–water partition coefficient (Wildman–Crippen LogP) is 6.55. The highest BCUT2D eigenvalue weighted by atomic mass is 32.2. The predicted molar refractivity (Wildman–Crippen MR) is 122 cm³/mol. The Morgan fingerprint density at radius 1 is 0.738 bits per heavy atom. The van der Waals surface area contributed by atoms with E-state index in [1.54, 1.807) is 0 Å². The Balaban J connectivity index is 2.21. The van der Waals surface area contributed by atoms with Crippen LogP contribution in [0.5, 0.6) is 0 Å². The topological polar surface area (TPSA) is 78.9 Å². The molecule has 1 unspecified atom stereocenters. The molecule has 0 aromatic rings. The van der Waals surface area contributed by atoms with Gasteiger partial charge in [0, 0.05) is 18.4 Å². The van der Waals surface area contributed by atoms with Crippen LogP contribution in [0.25, 0.3) is 0 Å². The summed E-state index contributed by atoms with van der Waals surface area (Å²) in [6, 6.07) is 0. The minimum absolute atomic E-state index is 0.137. The zero-order valence-corrected chi connectivity index (χ0v) is 23.1. The third-order valence-electron chi connectivity index (χ3n) is 6.23. The third-order valence-corrected chi connectivity index (χ3v) is 10.4. The lowest BCUT2D eigenvalue weighted by Gasteiger charge is -2.49. The van der Waals surface area contributed by atoms with E-state index in [0.29, 0.717) is 19.8 Å². The fourth-order valence-electron chi connectivity index (χ4n) is 3.77. The Morgan fingerprint density at radius 2 is 1.17 bits per heavy atom. The van der Waals surface area contributed by atoms with Gasteiger partial charge in [-0.05, 0) is 19.3 Å². The molecular formula is C22H24F12O6S2. The second-order valence-corrected chi connectivity index (χ2v) is 12.9. The number of esters is 3. The highest BCUT2D eigenvalue weighted by Gasteiger charge is 2.60. The molecule has 6 nitrogen and oxygen atoms in total. The highest BCUT2D eigenvalue weighted by Crippen LogP contribution is 2.57. The van der Waals surface area contributed by atoms with Crippen molar-refractivity contribution < 1.29 is 81.3 Å². The lowest BCUT2D eigenvalue weighted by molar-refractivity contribution is -0.284. The van der Waals surface area contributed by atoms with Crippen molar-refractivity contribution in [1.29, 1.82) is 0 Å². The SMILES string of the molecule is CC(F)(F)C(=O)OC1CCCCC12SCC(COC(=O)CC(F)(F)C(F)(F)F)(COC(=O)CC(F)(F)C(F)(F)F)CS2. The Kier molecular flexibility index (Phi) is 11.0. The summed E-state index contributed by atoms with van der Waals surface area (Å²) in [5.41, 5.74) is -1.71. The molecule has 0 amide bonds. The van der Waals surface area contributed by atoms with E-state index < -0.39 is 89.7 Å². The van der Waals surface area contributed by atoms with Crippen molar-refractivity contribution in [2.75, 3.05) is 24.7 Å². The van der Waals surface area contributed by atoms with Gasteiger partial charge in [0.1, 0.15) is 32.2 Å². The third kappa shape index (κ3) is 9.14. The molecule has 0 bridgehead atoms. The van der Waals surface area contributed by atoms with Gasteiger partial charge in [-0.3, -0.25) is 9.59 Å². The van der Waals surface area contributed by atoms with Gasteiger partial charge in [-0.2, -0.15) is 52.7 Å². The van der Waals surface area contributed by atoms with Crippen LogP contribution in [-0.4, -0.2) is 82.9 Å². The first-order chi connectivity index (χ1) is 18.8. The Bertz CT molecular complexity index is 942. The fourth-order valence-corrected chi connectivity index (χ4v) is 7.50. The number of halogens is 12. The van der Waals surface area contributed by atoms with Crippen molar-refractivity contribution in [3.05, 3.63) is 0 Å². The normalized spacial score (nSPS) is 21.5. The number of hydrogen-bond acceptors (Lipinski definition) is 8. The molecule has 1 spiro atoms. The summed E-state index contributed by atoms with van der Waals surface area (Å²) in [5, 5.41) is 0. The second-order valence-electron chi connectivity index (χ2n) is 10.00. The lowest BCUT2D eigenvalue weighted by Crippen LogP contribution is -2.52. The second kappa shape index (κ2) is 12.7.